The predicted molar refractivity (Wildman–Crippen MR) is 115 cm³/mol. The Kier molecular flexibility index (Phi) is 5.82. The molecule has 6 heteroatoms. The van der Waals surface area contributed by atoms with Crippen LogP contribution in [0.15, 0.2) is 42.5 Å². The highest BCUT2D eigenvalue weighted by Gasteiger charge is 2.19. The van der Waals surface area contributed by atoms with Gasteiger partial charge in [0.05, 0.1) is 34.1 Å². The van der Waals surface area contributed by atoms with Crippen LogP contribution in [0, 0.1) is 0 Å². The van der Waals surface area contributed by atoms with Gasteiger partial charge in [-0.3, -0.25) is 4.79 Å². The fourth-order valence-electron chi connectivity index (χ4n) is 3.39. The van der Waals surface area contributed by atoms with E-state index in [9.17, 15) is 4.79 Å². The first-order valence-corrected chi connectivity index (χ1v) is 9.10. The highest BCUT2D eigenvalue weighted by Crippen LogP contribution is 2.43. The lowest BCUT2D eigenvalue weighted by Gasteiger charge is -2.23. The molecule has 6 nitrogen and oxygen atoms in total. The van der Waals surface area contributed by atoms with E-state index in [-0.39, 0.29) is 5.91 Å². The Balaban J connectivity index is 2.35. The fourth-order valence-corrected chi connectivity index (χ4v) is 3.39. The number of methoxy groups -OCH3 is 4. The second-order valence-corrected chi connectivity index (χ2v) is 6.54. The molecule has 3 aromatic rings. The third-order valence-electron chi connectivity index (χ3n) is 5.00. The molecule has 0 atom stereocenters. The number of amides is 1. The molecule has 29 heavy (non-hydrogen) atoms. The van der Waals surface area contributed by atoms with Crippen LogP contribution >= 0.6 is 0 Å². The Morgan fingerprint density at radius 2 is 1.34 bits per heavy atom. The van der Waals surface area contributed by atoms with Gasteiger partial charge in [-0.25, -0.2) is 0 Å². The Labute approximate surface area is 170 Å². The van der Waals surface area contributed by atoms with Crippen molar-refractivity contribution in [2.24, 2.45) is 0 Å². The van der Waals surface area contributed by atoms with Crippen molar-refractivity contribution < 1.29 is 23.7 Å². The Morgan fingerprint density at radius 1 is 0.759 bits per heavy atom. The quantitative estimate of drug-likeness (QED) is 0.614. The number of carbonyl (C=O) groups excluding carboxylic acids is 1. The molecule has 0 saturated carbocycles. The maximum absolute atomic E-state index is 12.3. The van der Waals surface area contributed by atoms with Gasteiger partial charge < -0.3 is 23.8 Å². The first kappa shape index (κ1) is 20.3. The molecule has 0 aliphatic carbocycles. The summed E-state index contributed by atoms with van der Waals surface area (Å²) in [6, 6.07) is 13.5. The van der Waals surface area contributed by atoms with Gasteiger partial charge in [-0.15, -0.1) is 0 Å². The zero-order valence-electron chi connectivity index (χ0n) is 17.5. The van der Waals surface area contributed by atoms with E-state index in [1.807, 2.05) is 42.5 Å². The van der Waals surface area contributed by atoms with E-state index in [2.05, 4.69) is 0 Å². The van der Waals surface area contributed by atoms with Crippen LogP contribution in [-0.2, 0) is 4.79 Å². The second-order valence-electron chi connectivity index (χ2n) is 6.54. The van der Waals surface area contributed by atoms with Gasteiger partial charge in [0, 0.05) is 24.9 Å². The number of carbonyl (C=O) groups is 1. The fraction of sp³-hybridized carbons (Fsp3) is 0.261. The minimum atomic E-state index is -0.0750. The van der Waals surface area contributed by atoms with Crippen LogP contribution in [0.2, 0.25) is 0 Å². The van der Waals surface area contributed by atoms with Crippen LogP contribution in [-0.4, -0.2) is 41.4 Å². The average Bonchev–Trinajstić information content (AvgIpc) is 2.75. The third kappa shape index (κ3) is 3.66. The molecule has 3 aromatic carbocycles. The Morgan fingerprint density at radius 3 is 1.93 bits per heavy atom. The summed E-state index contributed by atoms with van der Waals surface area (Å²) in [5.74, 6) is 2.42. The molecule has 0 aliphatic heterocycles. The SMILES string of the molecule is COc1ccc(-c2ccc3cc(OC)c(OC)cc3c2N(C)C(C)=O)cc1OC. The molecule has 1 amide bonds. The van der Waals surface area contributed by atoms with Gasteiger partial charge in [-0.1, -0.05) is 18.2 Å². The largest absolute Gasteiger partial charge is 0.493 e. The lowest BCUT2D eigenvalue weighted by atomic mass is 9.96. The van der Waals surface area contributed by atoms with Crippen molar-refractivity contribution in [3.8, 4) is 34.1 Å². The minimum Gasteiger partial charge on any atom is -0.493 e. The average molecular weight is 395 g/mol. The first-order chi connectivity index (χ1) is 13.9. The van der Waals surface area contributed by atoms with Gasteiger partial charge in [0.15, 0.2) is 23.0 Å². The number of anilines is 1. The lowest BCUT2D eigenvalue weighted by Crippen LogP contribution is -2.23. The number of nitrogens with zero attached hydrogens (tertiary/aromatic N) is 1. The van der Waals surface area contributed by atoms with Gasteiger partial charge in [0.1, 0.15) is 0 Å². The molecular formula is C23H25NO5. The standard InChI is InChI=1S/C23H25NO5/c1-14(25)24(2)23-17(15-8-10-19(26-3)20(11-15)27-4)9-7-16-12-21(28-5)22(29-6)13-18(16)23/h7-13H,1-6H3. The van der Waals surface area contributed by atoms with Crippen LogP contribution in [0.4, 0.5) is 5.69 Å². The molecular weight excluding hydrogens is 370 g/mol. The van der Waals surface area contributed by atoms with Crippen molar-refractivity contribution in [1.82, 2.24) is 0 Å². The summed E-state index contributed by atoms with van der Waals surface area (Å²) in [6.07, 6.45) is 0. The Bertz CT molecular complexity index is 1060. The first-order valence-electron chi connectivity index (χ1n) is 9.10. The smallest absolute Gasteiger partial charge is 0.223 e. The van der Waals surface area contributed by atoms with Gasteiger partial charge in [-0.2, -0.15) is 0 Å². The van der Waals surface area contributed by atoms with Crippen molar-refractivity contribution in [2.45, 2.75) is 6.92 Å². The topological polar surface area (TPSA) is 57.2 Å². The molecule has 0 saturated heterocycles. The summed E-state index contributed by atoms with van der Waals surface area (Å²) in [5, 5.41) is 1.82. The summed E-state index contributed by atoms with van der Waals surface area (Å²) in [5.41, 5.74) is 2.58. The summed E-state index contributed by atoms with van der Waals surface area (Å²) < 4.78 is 21.7. The van der Waals surface area contributed by atoms with Crippen molar-refractivity contribution in [1.29, 1.82) is 0 Å². The van der Waals surface area contributed by atoms with E-state index in [0.717, 1.165) is 27.6 Å². The molecule has 0 bridgehead atoms. The Hall–Kier alpha value is -3.41. The number of fused-ring (bicyclic) bond motifs is 1. The number of hydrogen-bond donors (Lipinski definition) is 0. The zero-order valence-corrected chi connectivity index (χ0v) is 17.5. The molecule has 0 aliphatic rings. The van der Waals surface area contributed by atoms with Crippen LogP contribution in [0.5, 0.6) is 23.0 Å². The molecule has 0 heterocycles. The molecule has 3 rings (SSSR count). The van der Waals surface area contributed by atoms with Crippen LogP contribution in [0.1, 0.15) is 6.92 Å². The van der Waals surface area contributed by atoms with E-state index in [1.165, 1.54) is 6.92 Å². The van der Waals surface area contributed by atoms with Crippen molar-refractivity contribution >= 4 is 22.4 Å². The van der Waals surface area contributed by atoms with Crippen LogP contribution in [0.3, 0.4) is 0 Å². The lowest BCUT2D eigenvalue weighted by molar-refractivity contribution is -0.116. The maximum Gasteiger partial charge on any atom is 0.223 e. The predicted octanol–water partition coefficient (Wildman–Crippen LogP) is 4.52. The van der Waals surface area contributed by atoms with E-state index in [0.29, 0.717) is 23.0 Å². The second kappa shape index (κ2) is 8.31. The highest BCUT2D eigenvalue weighted by atomic mass is 16.5. The van der Waals surface area contributed by atoms with Crippen LogP contribution < -0.4 is 23.8 Å². The molecule has 0 fully saturated rings. The molecule has 0 N–H and O–H groups in total. The maximum atomic E-state index is 12.3. The number of rotatable bonds is 6. The van der Waals surface area contributed by atoms with E-state index in [1.54, 1.807) is 40.4 Å². The summed E-state index contributed by atoms with van der Waals surface area (Å²) in [6.45, 7) is 1.54. The zero-order chi connectivity index (χ0) is 21.1. The van der Waals surface area contributed by atoms with Gasteiger partial charge in [-0.05, 0) is 35.2 Å². The van der Waals surface area contributed by atoms with Gasteiger partial charge >= 0.3 is 0 Å². The molecule has 0 spiro atoms. The summed E-state index contributed by atoms with van der Waals surface area (Å²) in [4.78, 5) is 13.9. The number of hydrogen-bond acceptors (Lipinski definition) is 5. The highest BCUT2D eigenvalue weighted by molar-refractivity contribution is 6.09. The summed E-state index contributed by atoms with van der Waals surface area (Å²) >= 11 is 0. The molecule has 0 radical (unpaired) electrons. The normalized spacial score (nSPS) is 10.6. The van der Waals surface area contributed by atoms with Crippen molar-refractivity contribution in [3.63, 3.8) is 0 Å². The van der Waals surface area contributed by atoms with Crippen molar-refractivity contribution in [3.05, 3.63) is 42.5 Å². The monoisotopic (exact) mass is 395 g/mol. The van der Waals surface area contributed by atoms with E-state index < -0.39 is 0 Å². The molecule has 152 valence electrons. The van der Waals surface area contributed by atoms with Gasteiger partial charge in [0.2, 0.25) is 5.91 Å². The third-order valence-corrected chi connectivity index (χ3v) is 5.00. The molecule has 0 unspecified atom stereocenters. The summed E-state index contributed by atoms with van der Waals surface area (Å²) in [7, 11) is 8.16. The van der Waals surface area contributed by atoms with E-state index >= 15 is 0 Å². The van der Waals surface area contributed by atoms with Crippen LogP contribution in [0.25, 0.3) is 21.9 Å². The van der Waals surface area contributed by atoms with Crippen molar-refractivity contribution in [2.75, 3.05) is 40.4 Å². The van der Waals surface area contributed by atoms with Gasteiger partial charge in [0.25, 0.3) is 0 Å². The number of benzene rings is 3. The molecule has 0 aromatic heterocycles. The number of ether oxygens (including phenoxy) is 4. The minimum absolute atomic E-state index is 0.0750. The van der Waals surface area contributed by atoms with E-state index in [4.69, 9.17) is 18.9 Å².